The van der Waals surface area contributed by atoms with Crippen LogP contribution in [0.15, 0.2) is 47.0 Å². The Balaban J connectivity index is 1.69. The minimum Gasteiger partial charge on any atom is -0.493 e. The summed E-state index contributed by atoms with van der Waals surface area (Å²) in [5.74, 6) is -4.85. The monoisotopic (exact) mass is 608 g/mol. The number of non-ortho nitro benzene ring substituents is 1. The smallest absolute Gasteiger partial charge is 0.474 e. The first-order chi connectivity index (χ1) is 18.6. The molecule has 0 aliphatic carbocycles. The highest BCUT2D eigenvalue weighted by atomic mass is 35.5. The summed E-state index contributed by atoms with van der Waals surface area (Å²) in [6.45, 7) is -0.183. The van der Waals surface area contributed by atoms with E-state index in [9.17, 15) is 41.1 Å². The lowest BCUT2D eigenvalue weighted by molar-refractivity contribution is -0.385. The molecule has 3 rings (SSSR count). The number of rotatable bonds is 10. The molecule has 1 amide bonds. The third kappa shape index (κ3) is 8.54. The second kappa shape index (κ2) is 12.5. The molecular formula is C23H18ClF5N4O6S. The topological polar surface area (TPSA) is 134 Å². The second-order valence-electron chi connectivity index (χ2n) is 8.12. The van der Waals surface area contributed by atoms with Crippen LogP contribution in [-0.2, 0) is 20.3 Å². The predicted octanol–water partition coefficient (Wildman–Crippen LogP) is 5.52. The molecule has 0 fully saturated rings. The number of ether oxygens (including phenoxy) is 2. The van der Waals surface area contributed by atoms with E-state index < -0.39 is 49.8 Å². The van der Waals surface area contributed by atoms with Gasteiger partial charge < -0.3 is 9.47 Å². The fourth-order valence-corrected chi connectivity index (χ4v) is 4.70. The van der Waals surface area contributed by atoms with Gasteiger partial charge in [-0.2, -0.15) is 17.5 Å². The average Bonchev–Trinajstić information content (AvgIpc) is 2.84. The van der Waals surface area contributed by atoms with Crippen molar-refractivity contribution in [3.05, 3.63) is 75.2 Å². The number of nitrogens with zero attached hydrogens (tertiary/aromatic N) is 4. The van der Waals surface area contributed by atoms with Crippen LogP contribution in [0, 0.1) is 21.7 Å². The first-order valence-corrected chi connectivity index (χ1v) is 13.4. The second-order valence-corrected chi connectivity index (χ2v) is 10.8. The molecule has 1 aromatic heterocycles. The van der Waals surface area contributed by atoms with E-state index in [0.29, 0.717) is 0 Å². The van der Waals surface area contributed by atoms with Gasteiger partial charge in [-0.25, -0.2) is 23.0 Å². The first-order valence-electron chi connectivity index (χ1n) is 11.0. The van der Waals surface area contributed by atoms with Crippen molar-refractivity contribution in [2.75, 3.05) is 19.5 Å². The van der Waals surface area contributed by atoms with Crippen LogP contribution in [0.4, 0.5) is 27.6 Å². The number of halogens is 6. The highest BCUT2D eigenvalue weighted by molar-refractivity contribution is 7.92. The molecule has 0 saturated carbocycles. The molecule has 3 aromatic rings. The van der Waals surface area contributed by atoms with Crippen LogP contribution >= 0.6 is 11.6 Å². The van der Waals surface area contributed by atoms with Gasteiger partial charge >= 0.3 is 12.1 Å². The van der Waals surface area contributed by atoms with E-state index in [4.69, 9.17) is 21.1 Å². The van der Waals surface area contributed by atoms with Crippen LogP contribution in [0.25, 0.3) is 11.3 Å². The lowest BCUT2D eigenvalue weighted by atomic mass is 10.1. The van der Waals surface area contributed by atoms with E-state index in [1.807, 2.05) is 0 Å². The maximum atomic E-state index is 14.2. The van der Waals surface area contributed by atoms with Gasteiger partial charge in [0.05, 0.1) is 45.9 Å². The number of amides is 1. The minimum absolute atomic E-state index is 0.0541. The van der Waals surface area contributed by atoms with Crippen molar-refractivity contribution in [2.45, 2.75) is 18.3 Å². The number of hydrogen-bond donors (Lipinski definition) is 0. The van der Waals surface area contributed by atoms with Crippen LogP contribution in [0.5, 0.6) is 11.5 Å². The van der Waals surface area contributed by atoms with Crippen molar-refractivity contribution in [3.63, 3.8) is 0 Å². The lowest BCUT2D eigenvalue weighted by Crippen LogP contribution is -2.22. The molecule has 214 valence electrons. The summed E-state index contributed by atoms with van der Waals surface area (Å²) in [6, 6.07) is 6.53. The van der Waals surface area contributed by atoms with Crippen molar-refractivity contribution < 1.29 is 45.4 Å². The van der Waals surface area contributed by atoms with Gasteiger partial charge in [0.1, 0.15) is 23.0 Å². The Kier molecular flexibility index (Phi) is 9.57. The van der Waals surface area contributed by atoms with E-state index in [0.717, 1.165) is 36.7 Å². The summed E-state index contributed by atoms with van der Waals surface area (Å²) < 4.78 is 91.7. The van der Waals surface area contributed by atoms with Crippen LogP contribution in [0.1, 0.15) is 12.0 Å². The molecule has 0 saturated heterocycles. The minimum atomic E-state index is -5.32. The molecule has 0 N–H and O–H groups in total. The molecule has 0 aliphatic heterocycles. The van der Waals surface area contributed by atoms with Crippen molar-refractivity contribution in [2.24, 2.45) is 4.36 Å². The van der Waals surface area contributed by atoms with Gasteiger partial charge in [0.2, 0.25) is 5.28 Å². The molecule has 0 radical (unpaired) electrons. The van der Waals surface area contributed by atoms with Crippen molar-refractivity contribution in [1.82, 2.24) is 9.97 Å². The molecule has 40 heavy (non-hydrogen) atoms. The summed E-state index contributed by atoms with van der Waals surface area (Å²) >= 11 is 5.73. The third-order valence-electron chi connectivity index (χ3n) is 4.84. The standard InChI is InChI=1S/C23H18ClF5N4O6S/c1-40(37,32-21(34)23(27,28)29)12-13-7-15(33(35)36)10-16(8-13)38-5-2-6-39-19-9-14(25)3-4-17(19)20-18(26)11-30-22(24)31-20/h3-4,7-11H,2,5-6,12H2,1H3. The highest BCUT2D eigenvalue weighted by Gasteiger charge is 2.39. The van der Waals surface area contributed by atoms with Gasteiger partial charge in [-0.3, -0.25) is 14.9 Å². The van der Waals surface area contributed by atoms with Crippen LogP contribution in [0.3, 0.4) is 0 Å². The summed E-state index contributed by atoms with van der Waals surface area (Å²) in [5.41, 5.74) is -0.672. The van der Waals surface area contributed by atoms with E-state index in [1.165, 1.54) is 12.1 Å². The Morgan fingerprint density at radius 2 is 1.85 bits per heavy atom. The number of alkyl halides is 3. The van der Waals surface area contributed by atoms with E-state index in [2.05, 4.69) is 14.3 Å². The zero-order valence-electron chi connectivity index (χ0n) is 20.3. The van der Waals surface area contributed by atoms with Crippen LogP contribution < -0.4 is 9.47 Å². The largest absolute Gasteiger partial charge is 0.493 e. The molecule has 0 bridgehead atoms. The number of nitro groups is 1. The normalized spacial score (nSPS) is 12.9. The Labute approximate surface area is 228 Å². The number of benzene rings is 2. The van der Waals surface area contributed by atoms with E-state index in [-0.39, 0.29) is 53.2 Å². The lowest BCUT2D eigenvalue weighted by Gasteiger charge is -2.13. The summed E-state index contributed by atoms with van der Waals surface area (Å²) in [6.07, 6.45) is -3.52. The van der Waals surface area contributed by atoms with Crippen molar-refractivity contribution in [3.8, 4) is 22.8 Å². The predicted molar refractivity (Wildman–Crippen MR) is 132 cm³/mol. The Hall–Kier alpha value is -3.92. The Morgan fingerprint density at radius 3 is 2.52 bits per heavy atom. The maximum Gasteiger partial charge on any atom is 0.474 e. The zero-order valence-corrected chi connectivity index (χ0v) is 21.9. The molecule has 1 heterocycles. The fraction of sp³-hybridized carbons (Fsp3) is 0.261. The first kappa shape index (κ1) is 30.6. The molecule has 1 atom stereocenters. The fourth-order valence-electron chi connectivity index (χ4n) is 3.26. The van der Waals surface area contributed by atoms with Crippen molar-refractivity contribution in [1.29, 1.82) is 0 Å². The zero-order chi connectivity index (χ0) is 29.7. The molecule has 17 heteroatoms. The number of nitro benzene ring substituents is 1. The number of aromatic nitrogens is 2. The van der Waals surface area contributed by atoms with E-state index in [1.54, 1.807) is 0 Å². The van der Waals surface area contributed by atoms with Gasteiger partial charge in [-0.15, -0.1) is 0 Å². The Bertz CT molecular complexity index is 1560. The summed E-state index contributed by atoms with van der Waals surface area (Å²) in [5, 5.41) is 11.1. The molecule has 0 spiro atoms. The maximum absolute atomic E-state index is 14.2. The molecule has 10 nitrogen and oxygen atoms in total. The van der Waals surface area contributed by atoms with Gasteiger partial charge in [0, 0.05) is 30.4 Å². The quantitative estimate of drug-likeness (QED) is 0.0966. The SMILES string of the molecule is CS(=O)(Cc1cc(OCCCOc2cc(F)ccc2-c2nc(Cl)ncc2F)cc([N+](=O)[O-])c1)=NC(=O)C(F)(F)F. The van der Waals surface area contributed by atoms with Crippen LogP contribution in [-0.4, -0.2) is 50.7 Å². The number of carbonyl (C=O) groups is 1. The molecule has 2 aromatic carbocycles. The molecule has 1 unspecified atom stereocenters. The van der Waals surface area contributed by atoms with Gasteiger partial charge in [0.15, 0.2) is 5.82 Å². The van der Waals surface area contributed by atoms with Gasteiger partial charge in [-0.05, 0) is 35.4 Å². The number of hydrogen-bond acceptors (Lipinski definition) is 8. The Morgan fingerprint density at radius 1 is 1.15 bits per heavy atom. The third-order valence-corrected chi connectivity index (χ3v) is 6.45. The van der Waals surface area contributed by atoms with Crippen LogP contribution in [0.2, 0.25) is 5.28 Å². The highest BCUT2D eigenvalue weighted by Crippen LogP contribution is 2.32. The van der Waals surface area contributed by atoms with Crippen molar-refractivity contribution >= 4 is 32.9 Å². The van der Waals surface area contributed by atoms with E-state index >= 15 is 0 Å². The summed E-state index contributed by atoms with van der Waals surface area (Å²) in [4.78, 5) is 28.9. The average molecular weight is 609 g/mol. The summed E-state index contributed by atoms with van der Waals surface area (Å²) in [7, 11) is -3.74. The number of carbonyl (C=O) groups excluding carboxylic acids is 1. The molecular weight excluding hydrogens is 591 g/mol. The molecule has 0 aliphatic rings. The van der Waals surface area contributed by atoms with Gasteiger partial charge in [-0.1, -0.05) is 0 Å². The van der Waals surface area contributed by atoms with Gasteiger partial charge in [0.25, 0.3) is 5.69 Å².